The monoisotopic (exact) mass is 477 g/mol. The van der Waals surface area contributed by atoms with Crippen molar-refractivity contribution in [1.29, 1.82) is 0 Å². The minimum atomic E-state index is -3.89. The van der Waals surface area contributed by atoms with E-state index in [2.05, 4.69) is 5.32 Å². The first-order valence-electron chi connectivity index (χ1n) is 10.9. The molecule has 9 heteroatoms. The summed E-state index contributed by atoms with van der Waals surface area (Å²) >= 11 is 0. The van der Waals surface area contributed by atoms with Crippen LogP contribution in [0.5, 0.6) is 0 Å². The van der Waals surface area contributed by atoms with E-state index in [1.165, 1.54) is 23.1 Å². The molecule has 0 aliphatic carbocycles. The van der Waals surface area contributed by atoms with Crippen molar-refractivity contribution in [2.24, 2.45) is 0 Å². The van der Waals surface area contributed by atoms with E-state index in [0.717, 1.165) is 40.6 Å². The van der Waals surface area contributed by atoms with Gasteiger partial charge in [0.2, 0.25) is 21.8 Å². The zero-order chi connectivity index (χ0) is 24.6. The molecule has 2 amide bonds. The van der Waals surface area contributed by atoms with Crippen LogP contribution in [0.4, 0.5) is 10.1 Å². The second-order valence-electron chi connectivity index (χ2n) is 8.08. The molecule has 0 aromatic heterocycles. The lowest BCUT2D eigenvalue weighted by atomic mass is 10.1. The molecular weight excluding hydrogens is 445 g/mol. The summed E-state index contributed by atoms with van der Waals surface area (Å²) in [6, 6.07) is 11.7. The van der Waals surface area contributed by atoms with Gasteiger partial charge in [-0.3, -0.25) is 13.9 Å². The highest BCUT2D eigenvalue weighted by Crippen LogP contribution is 2.20. The molecule has 2 rings (SSSR count). The van der Waals surface area contributed by atoms with Crippen LogP contribution in [-0.4, -0.2) is 50.5 Å². The summed E-state index contributed by atoms with van der Waals surface area (Å²) in [5.74, 6) is -1.50. The maximum Gasteiger partial charge on any atom is 0.244 e. The number of hydrogen-bond donors (Lipinski definition) is 1. The van der Waals surface area contributed by atoms with Gasteiger partial charge in [-0.25, -0.2) is 12.8 Å². The molecule has 0 fully saturated rings. The largest absolute Gasteiger partial charge is 0.354 e. The van der Waals surface area contributed by atoms with E-state index >= 15 is 0 Å². The van der Waals surface area contributed by atoms with E-state index in [4.69, 9.17) is 0 Å². The van der Waals surface area contributed by atoms with Crippen LogP contribution in [0.15, 0.2) is 48.5 Å². The van der Waals surface area contributed by atoms with E-state index in [0.29, 0.717) is 6.54 Å². The highest BCUT2D eigenvalue weighted by molar-refractivity contribution is 7.92. The molecule has 33 heavy (non-hydrogen) atoms. The lowest BCUT2D eigenvalue weighted by Gasteiger charge is -2.31. The number of benzene rings is 2. The Kier molecular flexibility index (Phi) is 9.40. The number of nitrogens with one attached hydrogen (secondary N) is 1. The van der Waals surface area contributed by atoms with Gasteiger partial charge < -0.3 is 10.2 Å². The smallest absolute Gasteiger partial charge is 0.244 e. The van der Waals surface area contributed by atoms with Crippen molar-refractivity contribution in [3.8, 4) is 0 Å². The van der Waals surface area contributed by atoms with Gasteiger partial charge in [0, 0.05) is 13.1 Å². The van der Waals surface area contributed by atoms with Crippen molar-refractivity contribution in [2.45, 2.75) is 46.2 Å². The fourth-order valence-corrected chi connectivity index (χ4v) is 4.10. The molecule has 1 N–H and O–H groups in total. The molecule has 0 heterocycles. The topological polar surface area (TPSA) is 86.8 Å². The van der Waals surface area contributed by atoms with Crippen LogP contribution < -0.4 is 9.62 Å². The van der Waals surface area contributed by atoms with Crippen molar-refractivity contribution in [3.63, 3.8) is 0 Å². The van der Waals surface area contributed by atoms with Crippen LogP contribution in [0.25, 0.3) is 0 Å². The third-order valence-electron chi connectivity index (χ3n) is 5.25. The second-order valence-corrected chi connectivity index (χ2v) is 9.98. The number of anilines is 1. The first-order valence-corrected chi connectivity index (χ1v) is 12.7. The molecule has 0 bridgehead atoms. The van der Waals surface area contributed by atoms with Crippen molar-refractivity contribution in [1.82, 2.24) is 10.2 Å². The maximum atomic E-state index is 13.7. The summed E-state index contributed by atoms with van der Waals surface area (Å²) in [4.78, 5) is 27.4. The standard InChI is InChI=1S/C24H32FN3O4S/c1-5-6-14-26-24(30)19(3)27(16-20-12-10-18(2)11-13-20)23(29)17-28(33(4,31)32)22-9-7-8-21(25)15-22/h7-13,15,19H,5-6,14,16-17H2,1-4H3,(H,26,30). The van der Waals surface area contributed by atoms with Gasteiger partial charge >= 0.3 is 0 Å². The summed E-state index contributed by atoms with van der Waals surface area (Å²) in [5.41, 5.74) is 1.90. The van der Waals surface area contributed by atoms with E-state index in [9.17, 15) is 22.4 Å². The predicted molar refractivity (Wildman–Crippen MR) is 128 cm³/mol. The summed E-state index contributed by atoms with van der Waals surface area (Å²) < 4.78 is 39.5. The van der Waals surface area contributed by atoms with Gasteiger partial charge in [-0.15, -0.1) is 0 Å². The molecule has 0 saturated heterocycles. The zero-order valence-corrected chi connectivity index (χ0v) is 20.4. The van der Waals surface area contributed by atoms with E-state index in [1.54, 1.807) is 6.92 Å². The quantitative estimate of drug-likeness (QED) is 0.504. The third kappa shape index (κ3) is 7.85. The molecule has 1 unspecified atom stereocenters. The number of carbonyl (C=O) groups is 2. The summed E-state index contributed by atoms with van der Waals surface area (Å²) in [6.07, 6.45) is 2.68. The third-order valence-corrected chi connectivity index (χ3v) is 6.39. The molecule has 0 saturated carbocycles. The fourth-order valence-electron chi connectivity index (χ4n) is 3.25. The number of nitrogens with zero attached hydrogens (tertiary/aromatic N) is 2. The van der Waals surface area contributed by atoms with E-state index < -0.39 is 34.3 Å². The molecular formula is C24H32FN3O4S. The van der Waals surface area contributed by atoms with Crippen molar-refractivity contribution in [2.75, 3.05) is 23.7 Å². The highest BCUT2D eigenvalue weighted by Gasteiger charge is 2.30. The summed E-state index contributed by atoms with van der Waals surface area (Å²) in [7, 11) is -3.89. The molecule has 0 spiro atoms. The lowest BCUT2D eigenvalue weighted by molar-refractivity contribution is -0.139. The number of halogens is 1. The number of amides is 2. The first-order chi connectivity index (χ1) is 15.5. The number of unbranched alkanes of at least 4 members (excludes halogenated alkanes) is 1. The average molecular weight is 478 g/mol. The average Bonchev–Trinajstić information content (AvgIpc) is 2.75. The van der Waals surface area contributed by atoms with Gasteiger partial charge in [0.25, 0.3) is 0 Å². The summed E-state index contributed by atoms with van der Waals surface area (Å²) in [5, 5.41) is 2.82. The van der Waals surface area contributed by atoms with Crippen LogP contribution in [0, 0.1) is 12.7 Å². The van der Waals surface area contributed by atoms with Gasteiger partial charge in [0.05, 0.1) is 11.9 Å². The lowest BCUT2D eigenvalue weighted by Crippen LogP contribution is -2.51. The van der Waals surface area contributed by atoms with Crippen LogP contribution >= 0.6 is 0 Å². The zero-order valence-electron chi connectivity index (χ0n) is 19.5. The van der Waals surface area contributed by atoms with Gasteiger partial charge in [-0.05, 0) is 44.0 Å². The van der Waals surface area contributed by atoms with Crippen LogP contribution in [0.1, 0.15) is 37.8 Å². The SMILES string of the molecule is CCCCNC(=O)C(C)N(Cc1ccc(C)cc1)C(=O)CN(c1cccc(F)c1)S(C)(=O)=O. The van der Waals surface area contributed by atoms with Crippen molar-refractivity contribution < 1.29 is 22.4 Å². The number of carbonyl (C=O) groups excluding carboxylic acids is 2. The predicted octanol–water partition coefficient (Wildman–Crippen LogP) is 3.23. The minimum absolute atomic E-state index is 0.0428. The number of aryl methyl sites for hydroxylation is 1. The molecule has 180 valence electrons. The van der Waals surface area contributed by atoms with Gasteiger partial charge in [-0.2, -0.15) is 0 Å². The Balaban J connectivity index is 2.33. The fraction of sp³-hybridized carbons (Fsp3) is 0.417. The van der Waals surface area contributed by atoms with Crippen molar-refractivity contribution in [3.05, 3.63) is 65.5 Å². The molecule has 2 aromatic carbocycles. The first kappa shape index (κ1) is 26.3. The van der Waals surface area contributed by atoms with Crippen LogP contribution in [0.2, 0.25) is 0 Å². The Hall–Kier alpha value is -2.94. The minimum Gasteiger partial charge on any atom is -0.354 e. The molecule has 2 aromatic rings. The normalized spacial score (nSPS) is 12.2. The van der Waals surface area contributed by atoms with E-state index in [-0.39, 0.29) is 18.1 Å². The Morgan fingerprint density at radius 1 is 1.12 bits per heavy atom. The Morgan fingerprint density at radius 2 is 1.79 bits per heavy atom. The Bertz CT molecular complexity index is 1060. The van der Waals surface area contributed by atoms with Crippen LogP contribution in [-0.2, 0) is 26.2 Å². The van der Waals surface area contributed by atoms with Crippen LogP contribution in [0.3, 0.4) is 0 Å². The number of sulfonamides is 1. The number of rotatable bonds is 11. The highest BCUT2D eigenvalue weighted by atomic mass is 32.2. The van der Waals surface area contributed by atoms with Gasteiger partial charge in [-0.1, -0.05) is 49.2 Å². The maximum absolute atomic E-state index is 13.7. The molecule has 1 atom stereocenters. The molecule has 0 radical (unpaired) electrons. The molecule has 0 aliphatic heterocycles. The Labute approximate surface area is 195 Å². The summed E-state index contributed by atoms with van der Waals surface area (Å²) in [6.45, 7) is 5.63. The van der Waals surface area contributed by atoms with Gasteiger partial charge in [0.15, 0.2) is 0 Å². The number of hydrogen-bond acceptors (Lipinski definition) is 4. The van der Waals surface area contributed by atoms with Gasteiger partial charge in [0.1, 0.15) is 18.4 Å². The molecule has 0 aliphatic rings. The Morgan fingerprint density at radius 3 is 2.36 bits per heavy atom. The van der Waals surface area contributed by atoms with Crippen molar-refractivity contribution >= 4 is 27.5 Å². The second kappa shape index (κ2) is 11.8. The van der Waals surface area contributed by atoms with E-state index in [1.807, 2.05) is 38.1 Å². The molecule has 7 nitrogen and oxygen atoms in total.